The standard InChI is InChI=1S/C16H24FN3O/c1-3-9-18-15-13(7-4-8-14(15)17)16(21)19-12-6-5-10-20(2)11-12/h4,7-8,12,18H,3,5-6,9-11H2,1-2H3,(H,19,21). The van der Waals surface area contributed by atoms with Crippen molar-refractivity contribution >= 4 is 11.6 Å². The number of nitrogens with zero attached hydrogens (tertiary/aromatic N) is 1. The van der Waals surface area contributed by atoms with Gasteiger partial charge in [0.25, 0.3) is 5.91 Å². The van der Waals surface area contributed by atoms with Gasteiger partial charge in [-0.15, -0.1) is 0 Å². The normalized spacial score (nSPS) is 19.3. The summed E-state index contributed by atoms with van der Waals surface area (Å²) in [6.07, 6.45) is 2.93. The largest absolute Gasteiger partial charge is 0.382 e. The number of likely N-dealkylation sites (N-methyl/N-ethyl adjacent to an activating group) is 1. The fourth-order valence-corrected chi connectivity index (χ4v) is 2.69. The van der Waals surface area contributed by atoms with Crippen molar-refractivity contribution in [2.75, 3.05) is 32.0 Å². The Bertz CT molecular complexity index is 492. The third-order valence-corrected chi connectivity index (χ3v) is 3.77. The Kier molecular flexibility index (Phi) is 5.56. The maximum atomic E-state index is 13.9. The molecule has 1 unspecified atom stereocenters. The van der Waals surface area contributed by atoms with Crippen molar-refractivity contribution in [3.05, 3.63) is 29.6 Å². The summed E-state index contributed by atoms with van der Waals surface area (Å²) in [4.78, 5) is 14.6. The lowest BCUT2D eigenvalue weighted by Gasteiger charge is -2.30. The SMILES string of the molecule is CCCNc1c(F)cccc1C(=O)NC1CCCN(C)C1. The first-order chi connectivity index (χ1) is 10.1. The third-order valence-electron chi connectivity index (χ3n) is 3.77. The number of benzene rings is 1. The molecule has 0 radical (unpaired) electrons. The number of nitrogens with one attached hydrogen (secondary N) is 2. The van der Waals surface area contributed by atoms with Gasteiger partial charge in [0.05, 0.1) is 11.3 Å². The zero-order valence-corrected chi connectivity index (χ0v) is 12.8. The van der Waals surface area contributed by atoms with Crippen LogP contribution in [0.4, 0.5) is 10.1 Å². The molecule has 0 bridgehead atoms. The van der Waals surface area contributed by atoms with Crippen LogP contribution < -0.4 is 10.6 Å². The minimum Gasteiger partial charge on any atom is -0.382 e. The predicted molar refractivity (Wildman–Crippen MR) is 83.2 cm³/mol. The number of carbonyl (C=O) groups excluding carboxylic acids is 1. The number of likely N-dealkylation sites (tertiary alicyclic amines) is 1. The van der Waals surface area contributed by atoms with E-state index in [2.05, 4.69) is 22.6 Å². The molecular weight excluding hydrogens is 269 g/mol. The first-order valence-corrected chi connectivity index (χ1v) is 7.63. The Morgan fingerprint density at radius 1 is 1.48 bits per heavy atom. The highest BCUT2D eigenvalue weighted by molar-refractivity contribution is 5.99. The number of hydrogen-bond acceptors (Lipinski definition) is 3. The second kappa shape index (κ2) is 7.41. The van der Waals surface area contributed by atoms with E-state index in [0.717, 1.165) is 32.4 Å². The molecule has 116 valence electrons. The highest BCUT2D eigenvalue weighted by Gasteiger charge is 2.21. The summed E-state index contributed by atoms with van der Waals surface area (Å²) >= 11 is 0. The number of piperidine rings is 1. The van der Waals surface area contributed by atoms with Crippen LogP contribution in [-0.2, 0) is 0 Å². The fourth-order valence-electron chi connectivity index (χ4n) is 2.69. The van der Waals surface area contributed by atoms with E-state index in [1.807, 2.05) is 6.92 Å². The first-order valence-electron chi connectivity index (χ1n) is 7.63. The van der Waals surface area contributed by atoms with Crippen LogP contribution in [0.2, 0.25) is 0 Å². The highest BCUT2D eigenvalue weighted by atomic mass is 19.1. The molecule has 0 aliphatic carbocycles. The van der Waals surface area contributed by atoms with Gasteiger partial charge in [0, 0.05) is 19.1 Å². The van der Waals surface area contributed by atoms with Crippen LogP contribution in [-0.4, -0.2) is 43.5 Å². The van der Waals surface area contributed by atoms with E-state index in [-0.39, 0.29) is 17.8 Å². The molecule has 1 aromatic rings. The fraction of sp³-hybridized carbons (Fsp3) is 0.562. The van der Waals surface area contributed by atoms with Gasteiger partial charge < -0.3 is 15.5 Å². The molecule has 1 aliphatic rings. The molecule has 1 heterocycles. The average molecular weight is 293 g/mol. The van der Waals surface area contributed by atoms with E-state index in [1.54, 1.807) is 12.1 Å². The monoisotopic (exact) mass is 293 g/mol. The van der Waals surface area contributed by atoms with Gasteiger partial charge in [-0.25, -0.2) is 4.39 Å². The van der Waals surface area contributed by atoms with Crippen LogP contribution in [0.5, 0.6) is 0 Å². The van der Waals surface area contributed by atoms with Crippen LogP contribution in [0.1, 0.15) is 36.5 Å². The van der Waals surface area contributed by atoms with Crippen molar-refractivity contribution in [1.82, 2.24) is 10.2 Å². The van der Waals surface area contributed by atoms with Gasteiger partial charge in [-0.2, -0.15) is 0 Å². The number of halogens is 1. The number of amides is 1. The maximum absolute atomic E-state index is 13.9. The Morgan fingerprint density at radius 3 is 3.00 bits per heavy atom. The Balaban J connectivity index is 2.09. The number of carbonyl (C=O) groups is 1. The topological polar surface area (TPSA) is 44.4 Å². The van der Waals surface area contributed by atoms with Crippen LogP contribution in [0, 0.1) is 5.82 Å². The van der Waals surface area contributed by atoms with Crippen molar-refractivity contribution in [2.45, 2.75) is 32.2 Å². The Labute approximate surface area is 125 Å². The van der Waals surface area contributed by atoms with E-state index in [9.17, 15) is 9.18 Å². The molecule has 0 saturated carbocycles. The number of anilines is 1. The van der Waals surface area contributed by atoms with Crippen molar-refractivity contribution in [3.63, 3.8) is 0 Å². The molecule has 1 saturated heterocycles. The third kappa shape index (κ3) is 4.17. The summed E-state index contributed by atoms with van der Waals surface area (Å²) in [5.74, 6) is -0.578. The molecule has 1 fully saturated rings. The number of rotatable bonds is 5. The zero-order valence-electron chi connectivity index (χ0n) is 12.8. The molecule has 1 aliphatic heterocycles. The van der Waals surface area contributed by atoms with Crippen LogP contribution >= 0.6 is 0 Å². The maximum Gasteiger partial charge on any atom is 0.253 e. The average Bonchev–Trinajstić information content (AvgIpc) is 2.45. The number of hydrogen-bond donors (Lipinski definition) is 2. The van der Waals surface area contributed by atoms with E-state index in [0.29, 0.717) is 17.8 Å². The highest BCUT2D eigenvalue weighted by Crippen LogP contribution is 2.20. The molecule has 2 N–H and O–H groups in total. The summed E-state index contributed by atoms with van der Waals surface area (Å²) in [5.41, 5.74) is 0.692. The number of para-hydroxylation sites is 1. The molecule has 1 amide bonds. The molecule has 21 heavy (non-hydrogen) atoms. The Hall–Kier alpha value is -1.62. The molecule has 1 aromatic carbocycles. The summed E-state index contributed by atoms with van der Waals surface area (Å²) in [7, 11) is 2.05. The minimum atomic E-state index is -0.378. The van der Waals surface area contributed by atoms with E-state index < -0.39 is 0 Å². The van der Waals surface area contributed by atoms with Crippen molar-refractivity contribution in [3.8, 4) is 0 Å². The van der Waals surface area contributed by atoms with Crippen molar-refractivity contribution in [2.24, 2.45) is 0 Å². The molecule has 2 rings (SSSR count). The molecular formula is C16H24FN3O. The first kappa shape index (κ1) is 15.8. The second-order valence-corrected chi connectivity index (χ2v) is 5.66. The van der Waals surface area contributed by atoms with Crippen molar-refractivity contribution in [1.29, 1.82) is 0 Å². The van der Waals surface area contributed by atoms with Gasteiger partial charge >= 0.3 is 0 Å². The van der Waals surface area contributed by atoms with Crippen LogP contribution in [0.25, 0.3) is 0 Å². The summed E-state index contributed by atoms with van der Waals surface area (Å²) < 4.78 is 13.9. The summed E-state index contributed by atoms with van der Waals surface area (Å²) in [5, 5.41) is 6.03. The zero-order chi connectivity index (χ0) is 15.2. The van der Waals surface area contributed by atoms with Crippen LogP contribution in [0.3, 0.4) is 0 Å². The smallest absolute Gasteiger partial charge is 0.253 e. The predicted octanol–water partition coefficient (Wildman–Crippen LogP) is 2.47. The molecule has 1 atom stereocenters. The van der Waals surface area contributed by atoms with Gasteiger partial charge in [0.2, 0.25) is 0 Å². The van der Waals surface area contributed by atoms with Crippen LogP contribution in [0.15, 0.2) is 18.2 Å². The van der Waals surface area contributed by atoms with Gasteiger partial charge in [-0.3, -0.25) is 4.79 Å². The summed E-state index contributed by atoms with van der Waals surface area (Å²) in [6.45, 7) is 4.56. The lowest BCUT2D eigenvalue weighted by Crippen LogP contribution is -2.46. The lowest BCUT2D eigenvalue weighted by molar-refractivity contribution is 0.0913. The quantitative estimate of drug-likeness (QED) is 0.876. The van der Waals surface area contributed by atoms with Gasteiger partial charge in [0.15, 0.2) is 0 Å². The van der Waals surface area contributed by atoms with E-state index >= 15 is 0 Å². The lowest BCUT2D eigenvalue weighted by atomic mass is 10.1. The molecule has 5 heteroatoms. The van der Waals surface area contributed by atoms with E-state index in [4.69, 9.17) is 0 Å². The Morgan fingerprint density at radius 2 is 2.29 bits per heavy atom. The molecule has 4 nitrogen and oxygen atoms in total. The van der Waals surface area contributed by atoms with Crippen molar-refractivity contribution < 1.29 is 9.18 Å². The summed E-state index contributed by atoms with van der Waals surface area (Å²) in [6, 6.07) is 4.76. The van der Waals surface area contributed by atoms with Gasteiger partial charge in [0.1, 0.15) is 5.82 Å². The molecule has 0 spiro atoms. The second-order valence-electron chi connectivity index (χ2n) is 5.66. The molecule has 0 aromatic heterocycles. The van der Waals surface area contributed by atoms with E-state index in [1.165, 1.54) is 6.07 Å². The van der Waals surface area contributed by atoms with Gasteiger partial charge in [-0.1, -0.05) is 13.0 Å². The minimum absolute atomic E-state index is 0.138. The van der Waals surface area contributed by atoms with Gasteiger partial charge in [-0.05, 0) is 45.0 Å².